The smallest absolute Gasteiger partial charge is 0.173 e. The minimum Gasteiger partial charge on any atom is -0.495 e. The molecule has 0 saturated carbocycles. The number of piperazine rings is 1. The molecule has 0 bridgehead atoms. The summed E-state index contributed by atoms with van der Waals surface area (Å²) < 4.78 is 7.35. The number of methoxy groups -OCH3 is 1. The van der Waals surface area contributed by atoms with Gasteiger partial charge in [-0.05, 0) is 38.2 Å². The predicted octanol–water partition coefficient (Wildman–Crippen LogP) is 2.56. The Bertz CT molecular complexity index is 780. The lowest BCUT2D eigenvalue weighted by atomic mass is 10.1. The predicted molar refractivity (Wildman–Crippen MR) is 109 cm³/mol. The van der Waals surface area contributed by atoms with Crippen LogP contribution in [0.4, 0.5) is 5.69 Å². The summed E-state index contributed by atoms with van der Waals surface area (Å²) >= 11 is 5.60. The Kier molecular flexibility index (Phi) is 5.78. The van der Waals surface area contributed by atoms with Gasteiger partial charge in [0.25, 0.3) is 0 Å². The molecule has 0 radical (unpaired) electrons. The molecule has 1 saturated heterocycles. The van der Waals surface area contributed by atoms with E-state index < -0.39 is 0 Å². The van der Waals surface area contributed by atoms with Crippen LogP contribution in [0.15, 0.2) is 24.3 Å². The molecule has 6 nitrogen and oxygen atoms in total. The number of rotatable bonds is 4. The zero-order chi connectivity index (χ0) is 18.7. The van der Waals surface area contributed by atoms with E-state index in [0.29, 0.717) is 0 Å². The lowest BCUT2D eigenvalue weighted by molar-refractivity contribution is 0.176. The van der Waals surface area contributed by atoms with Gasteiger partial charge in [-0.15, -0.1) is 0 Å². The van der Waals surface area contributed by atoms with Crippen molar-refractivity contribution in [3.8, 4) is 5.75 Å². The summed E-state index contributed by atoms with van der Waals surface area (Å²) in [7, 11) is 3.68. The number of aryl methyl sites for hydroxylation is 2. The van der Waals surface area contributed by atoms with Crippen molar-refractivity contribution in [1.82, 2.24) is 19.6 Å². The highest BCUT2D eigenvalue weighted by atomic mass is 32.1. The van der Waals surface area contributed by atoms with E-state index in [9.17, 15) is 0 Å². The van der Waals surface area contributed by atoms with Gasteiger partial charge >= 0.3 is 0 Å². The van der Waals surface area contributed by atoms with Crippen molar-refractivity contribution >= 4 is 23.0 Å². The van der Waals surface area contributed by atoms with Gasteiger partial charge in [-0.1, -0.05) is 12.1 Å². The molecule has 1 N–H and O–H groups in total. The number of para-hydroxylation sites is 2. The van der Waals surface area contributed by atoms with E-state index >= 15 is 0 Å². The van der Waals surface area contributed by atoms with Gasteiger partial charge in [0, 0.05) is 51.0 Å². The third-order valence-corrected chi connectivity index (χ3v) is 5.41. The minimum atomic E-state index is 0.753. The third-order valence-electron chi connectivity index (χ3n) is 5.05. The van der Waals surface area contributed by atoms with E-state index in [0.717, 1.165) is 55.0 Å². The van der Waals surface area contributed by atoms with Gasteiger partial charge in [0.2, 0.25) is 0 Å². The number of benzene rings is 1. The van der Waals surface area contributed by atoms with Gasteiger partial charge in [-0.2, -0.15) is 5.10 Å². The molecule has 3 rings (SSSR count). The molecule has 1 aliphatic heterocycles. The standard InChI is InChI=1S/C19H27N5OS/c1-14-16(15(2)22(3)21-14)13-23-9-11-24(12-10-23)19(26)20-17-7-5-6-8-18(17)25-4/h5-8H,9-13H2,1-4H3,(H,20,26). The fraction of sp³-hybridized carbons (Fsp3) is 0.474. The van der Waals surface area contributed by atoms with E-state index in [2.05, 4.69) is 34.1 Å². The average molecular weight is 374 g/mol. The first kappa shape index (κ1) is 18.7. The number of aromatic nitrogens is 2. The molecule has 2 heterocycles. The van der Waals surface area contributed by atoms with Crippen LogP contribution < -0.4 is 10.1 Å². The zero-order valence-electron chi connectivity index (χ0n) is 16.0. The second-order valence-corrected chi connectivity index (χ2v) is 7.05. The molecule has 1 aliphatic rings. The molecule has 1 aromatic heterocycles. The van der Waals surface area contributed by atoms with Crippen molar-refractivity contribution in [2.45, 2.75) is 20.4 Å². The van der Waals surface area contributed by atoms with Gasteiger partial charge in [0.05, 0.1) is 18.5 Å². The lowest BCUT2D eigenvalue weighted by Gasteiger charge is -2.36. The molecule has 1 fully saturated rings. The minimum absolute atomic E-state index is 0.753. The number of nitrogens with zero attached hydrogens (tertiary/aromatic N) is 4. The summed E-state index contributed by atoms with van der Waals surface area (Å²) in [6.45, 7) is 8.98. The fourth-order valence-electron chi connectivity index (χ4n) is 3.32. The topological polar surface area (TPSA) is 45.6 Å². The van der Waals surface area contributed by atoms with Crippen molar-refractivity contribution in [2.24, 2.45) is 7.05 Å². The Balaban J connectivity index is 1.55. The molecule has 26 heavy (non-hydrogen) atoms. The molecule has 0 unspecified atom stereocenters. The van der Waals surface area contributed by atoms with Crippen LogP contribution in [0.3, 0.4) is 0 Å². The fourth-order valence-corrected chi connectivity index (χ4v) is 3.61. The number of ether oxygens (including phenoxy) is 1. The van der Waals surface area contributed by atoms with E-state index in [1.807, 2.05) is 36.0 Å². The molecular formula is C19H27N5OS. The van der Waals surface area contributed by atoms with E-state index in [1.165, 1.54) is 11.3 Å². The molecule has 0 amide bonds. The monoisotopic (exact) mass is 373 g/mol. The second-order valence-electron chi connectivity index (χ2n) is 6.67. The van der Waals surface area contributed by atoms with E-state index in [1.54, 1.807) is 7.11 Å². The molecule has 0 spiro atoms. The molecule has 0 atom stereocenters. The van der Waals surface area contributed by atoms with Crippen LogP contribution in [0.5, 0.6) is 5.75 Å². The van der Waals surface area contributed by atoms with E-state index in [4.69, 9.17) is 17.0 Å². The maximum atomic E-state index is 5.60. The molecule has 7 heteroatoms. The SMILES string of the molecule is COc1ccccc1NC(=S)N1CCN(Cc2c(C)nn(C)c2C)CC1. The lowest BCUT2D eigenvalue weighted by Crippen LogP contribution is -2.49. The van der Waals surface area contributed by atoms with Gasteiger partial charge in [0.15, 0.2) is 5.11 Å². The summed E-state index contributed by atoms with van der Waals surface area (Å²) in [6.07, 6.45) is 0. The molecule has 0 aliphatic carbocycles. The average Bonchev–Trinajstić information content (AvgIpc) is 2.89. The molecular weight excluding hydrogens is 346 g/mol. The highest BCUT2D eigenvalue weighted by Gasteiger charge is 2.21. The summed E-state index contributed by atoms with van der Waals surface area (Å²) in [6, 6.07) is 7.84. The number of nitrogens with one attached hydrogen (secondary N) is 1. The first-order chi connectivity index (χ1) is 12.5. The Morgan fingerprint density at radius 2 is 1.88 bits per heavy atom. The van der Waals surface area contributed by atoms with Crippen molar-refractivity contribution < 1.29 is 4.74 Å². The van der Waals surface area contributed by atoms with Crippen molar-refractivity contribution in [3.63, 3.8) is 0 Å². The normalized spacial score (nSPS) is 15.2. The van der Waals surface area contributed by atoms with Crippen LogP contribution in [0, 0.1) is 13.8 Å². The Morgan fingerprint density at radius 3 is 2.50 bits per heavy atom. The zero-order valence-corrected chi connectivity index (χ0v) is 16.8. The van der Waals surface area contributed by atoms with Crippen LogP contribution in [-0.4, -0.2) is 58.0 Å². The third kappa shape index (κ3) is 3.99. The highest BCUT2D eigenvalue weighted by molar-refractivity contribution is 7.80. The number of hydrogen-bond donors (Lipinski definition) is 1. The number of anilines is 1. The first-order valence-corrected chi connectivity index (χ1v) is 9.30. The van der Waals surface area contributed by atoms with Gasteiger partial charge in [-0.3, -0.25) is 9.58 Å². The second kappa shape index (κ2) is 8.05. The molecule has 2 aromatic rings. The molecule has 1 aromatic carbocycles. The summed E-state index contributed by atoms with van der Waals surface area (Å²) in [4.78, 5) is 4.69. The quantitative estimate of drug-likeness (QED) is 0.831. The maximum Gasteiger partial charge on any atom is 0.173 e. The Hall–Kier alpha value is -2.12. The van der Waals surface area contributed by atoms with Crippen LogP contribution in [0.2, 0.25) is 0 Å². The van der Waals surface area contributed by atoms with Gasteiger partial charge in [0.1, 0.15) is 5.75 Å². The Labute approximate surface area is 160 Å². The summed E-state index contributed by atoms with van der Waals surface area (Å²) in [5.41, 5.74) is 4.62. The van der Waals surface area contributed by atoms with Crippen LogP contribution in [0.1, 0.15) is 17.0 Å². The van der Waals surface area contributed by atoms with Crippen LogP contribution in [-0.2, 0) is 13.6 Å². The number of hydrogen-bond acceptors (Lipinski definition) is 4. The highest BCUT2D eigenvalue weighted by Crippen LogP contribution is 2.23. The van der Waals surface area contributed by atoms with Gasteiger partial charge < -0.3 is 15.0 Å². The molecule has 140 valence electrons. The summed E-state index contributed by atoms with van der Waals surface area (Å²) in [5.74, 6) is 0.802. The van der Waals surface area contributed by atoms with Crippen molar-refractivity contribution in [2.75, 3.05) is 38.6 Å². The first-order valence-electron chi connectivity index (χ1n) is 8.90. The van der Waals surface area contributed by atoms with Crippen LogP contribution in [0.25, 0.3) is 0 Å². The van der Waals surface area contributed by atoms with E-state index in [-0.39, 0.29) is 0 Å². The Morgan fingerprint density at radius 1 is 1.19 bits per heavy atom. The number of thiocarbonyl (C=S) groups is 1. The maximum absolute atomic E-state index is 5.60. The largest absolute Gasteiger partial charge is 0.495 e. The van der Waals surface area contributed by atoms with Crippen LogP contribution >= 0.6 is 12.2 Å². The van der Waals surface area contributed by atoms with Crippen molar-refractivity contribution in [1.29, 1.82) is 0 Å². The summed E-state index contributed by atoms with van der Waals surface area (Å²) in [5, 5.41) is 8.59. The van der Waals surface area contributed by atoms with Crippen molar-refractivity contribution in [3.05, 3.63) is 41.2 Å². The van der Waals surface area contributed by atoms with Gasteiger partial charge in [-0.25, -0.2) is 0 Å².